The normalized spacial score (nSPS) is 19.1. The van der Waals surface area contributed by atoms with Crippen molar-refractivity contribution in [2.45, 2.75) is 16.2 Å². The fourth-order valence-corrected chi connectivity index (χ4v) is 7.80. The molecule has 3 aromatic carbocycles. The number of amides is 3. The second kappa shape index (κ2) is 11.2. The Labute approximate surface area is 255 Å². The van der Waals surface area contributed by atoms with Gasteiger partial charge in [0, 0.05) is 39.2 Å². The number of H-pyrrole nitrogens is 1. The second-order valence-electron chi connectivity index (χ2n) is 9.60. The van der Waals surface area contributed by atoms with Gasteiger partial charge in [-0.1, -0.05) is 34.7 Å². The number of carbonyl (C=O) groups excluding carboxylic acids is 3. The highest BCUT2D eigenvalue weighted by Gasteiger charge is 2.57. The smallest absolute Gasteiger partial charge is 0.305 e. The van der Waals surface area contributed by atoms with E-state index in [1.807, 2.05) is 0 Å². The van der Waals surface area contributed by atoms with Crippen LogP contribution in [0.25, 0.3) is 0 Å². The molecule has 2 aliphatic rings. The molecule has 2 aliphatic heterocycles. The van der Waals surface area contributed by atoms with Crippen molar-refractivity contribution in [1.82, 2.24) is 4.98 Å². The Morgan fingerprint density at radius 1 is 1.07 bits per heavy atom. The fourth-order valence-electron chi connectivity index (χ4n) is 5.11. The van der Waals surface area contributed by atoms with Gasteiger partial charge in [0.15, 0.2) is 6.61 Å². The van der Waals surface area contributed by atoms with Gasteiger partial charge in [0.25, 0.3) is 11.6 Å². The number of halogens is 1. The van der Waals surface area contributed by atoms with Gasteiger partial charge in [0.2, 0.25) is 11.8 Å². The predicted molar refractivity (Wildman–Crippen MR) is 159 cm³/mol. The minimum absolute atomic E-state index is 0.0440. The molecule has 0 saturated carbocycles. The average molecular weight is 639 g/mol. The molecule has 3 amide bonds. The van der Waals surface area contributed by atoms with Crippen molar-refractivity contribution in [3.8, 4) is 11.5 Å². The van der Waals surface area contributed by atoms with E-state index in [-0.39, 0.29) is 27.7 Å². The highest BCUT2D eigenvalue weighted by atomic mass is 35.5. The maximum Gasteiger partial charge on any atom is 0.305 e. The van der Waals surface area contributed by atoms with E-state index in [4.69, 9.17) is 16.3 Å². The topological polar surface area (TPSA) is 172 Å². The molecule has 0 spiro atoms. The number of hydrogen-bond acceptors (Lipinski definition) is 10. The average Bonchev–Trinajstić information content (AvgIpc) is 3.47. The second-order valence-corrected chi connectivity index (χ2v) is 12.2. The van der Waals surface area contributed by atoms with E-state index in [1.54, 1.807) is 18.2 Å². The number of phenols is 1. The lowest BCUT2D eigenvalue weighted by Gasteiger charge is -2.31. The summed E-state index contributed by atoms with van der Waals surface area (Å²) in [6.07, 6.45) is 0. The quantitative estimate of drug-likeness (QED) is 0.114. The van der Waals surface area contributed by atoms with Crippen molar-refractivity contribution in [2.24, 2.45) is 5.92 Å². The molecule has 3 heterocycles. The molecular weight excluding hydrogens is 620 g/mol. The number of nitrogens with zero attached hydrogens (tertiary/aromatic N) is 2. The van der Waals surface area contributed by atoms with Crippen molar-refractivity contribution >= 4 is 69.5 Å². The van der Waals surface area contributed by atoms with E-state index < -0.39 is 46.3 Å². The van der Waals surface area contributed by atoms with Crippen LogP contribution in [0.3, 0.4) is 0 Å². The molecule has 1 fully saturated rings. The standard InChI is InChI=1S/C28H19ClN4O8S2/c29-13-1-10-19(41-12-20(35)30-14-2-8-17(34)9-3-14)18(11-13)21-22-24(42-25-23(21)43-28(38)31-25)27(37)32(26(22)36)15-4-6-16(7-5-15)33(39)40/h1-11,21-22,24,34H,12H2,(H,30,35)(H,31,38)/t21-,22?,24?/m1/s1. The largest absolute Gasteiger partial charge is 0.508 e. The van der Waals surface area contributed by atoms with E-state index in [0.29, 0.717) is 26.2 Å². The molecule has 3 atom stereocenters. The van der Waals surface area contributed by atoms with Crippen LogP contribution in [0.4, 0.5) is 17.1 Å². The third-order valence-corrected chi connectivity index (χ3v) is 9.60. The number of anilines is 2. The summed E-state index contributed by atoms with van der Waals surface area (Å²) in [6.45, 7) is -0.414. The number of nitrogens with one attached hydrogen (secondary N) is 2. The summed E-state index contributed by atoms with van der Waals surface area (Å²) in [5, 5.41) is 23.1. The van der Waals surface area contributed by atoms with Crippen LogP contribution >= 0.6 is 34.7 Å². The lowest BCUT2D eigenvalue weighted by atomic mass is 9.82. The number of aromatic nitrogens is 1. The van der Waals surface area contributed by atoms with Crippen LogP contribution in [-0.2, 0) is 14.4 Å². The summed E-state index contributed by atoms with van der Waals surface area (Å²) in [5.41, 5.74) is 0.837. The van der Waals surface area contributed by atoms with Crippen LogP contribution in [-0.4, -0.2) is 44.6 Å². The van der Waals surface area contributed by atoms with Gasteiger partial charge in [-0.3, -0.25) is 29.3 Å². The van der Waals surface area contributed by atoms with E-state index in [9.17, 15) is 34.4 Å². The molecule has 218 valence electrons. The van der Waals surface area contributed by atoms with Gasteiger partial charge in [0.05, 0.1) is 21.6 Å². The molecule has 1 saturated heterocycles. The Morgan fingerprint density at radius 2 is 1.79 bits per heavy atom. The zero-order chi connectivity index (χ0) is 30.4. The third kappa shape index (κ3) is 5.35. The van der Waals surface area contributed by atoms with Gasteiger partial charge in [-0.25, -0.2) is 4.90 Å². The molecule has 12 nitrogen and oxygen atoms in total. The minimum atomic E-state index is -0.974. The van der Waals surface area contributed by atoms with Crippen LogP contribution < -0.4 is 19.8 Å². The number of aromatic amines is 1. The van der Waals surface area contributed by atoms with Gasteiger partial charge in [0.1, 0.15) is 16.7 Å². The summed E-state index contributed by atoms with van der Waals surface area (Å²) >= 11 is 8.36. The fraction of sp³-hybridized carbons (Fsp3) is 0.143. The monoisotopic (exact) mass is 638 g/mol. The molecular formula is C28H19ClN4O8S2. The van der Waals surface area contributed by atoms with Crippen LogP contribution in [0.1, 0.15) is 16.4 Å². The van der Waals surface area contributed by atoms with Gasteiger partial charge < -0.3 is 20.1 Å². The molecule has 15 heteroatoms. The zero-order valence-corrected chi connectivity index (χ0v) is 24.1. The van der Waals surface area contributed by atoms with E-state index in [2.05, 4.69) is 10.3 Å². The number of carbonyl (C=O) groups is 3. The maximum atomic E-state index is 14.0. The highest BCUT2D eigenvalue weighted by molar-refractivity contribution is 8.00. The zero-order valence-electron chi connectivity index (χ0n) is 21.7. The van der Waals surface area contributed by atoms with Crippen molar-refractivity contribution in [3.63, 3.8) is 0 Å². The van der Waals surface area contributed by atoms with Gasteiger partial charge in [-0.15, -0.1) is 0 Å². The molecule has 0 aliphatic carbocycles. The maximum absolute atomic E-state index is 14.0. The van der Waals surface area contributed by atoms with Crippen LogP contribution in [0.15, 0.2) is 76.6 Å². The summed E-state index contributed by atoms with van der Waals surface area (Å²) in [7, 11) is 0. The number of benzene rings is 3. The molecule has 4 aromatic rings. The van der Waals surface area contributed by atoms with Crippen LogP contribution in [0.5, 0.6) is 11.5 Å². The summed E-state index contributed by atoms with van der Waals surface area (Å²) in [6, 6.07) is 15.7. The summed E-state index contributed by atoms with van der Waals surface area (Å²) in [4.78, 5) is 67.2. The minimum Gasteiger partial charge on any atom is -0.508 e. The number of phenolic OH excluding ortho intramolecular Hbond substituents is 1. The van der Waals surface area contributed by atoms with Crippen molar-refractivity contribution in [2.75, 3.05) is 16.8 Å². The number of thioether (sulfide) groups is 1. The van der Waals surface area contributed by atoms with Crippen LogP contribution in [0, 0.1) is 16.0 Å². The summed E-state index contributed by atoms with van der Waals surface area (Å²) in [5.74, 6) is -3.12. The predicted octanol–water partition coefficient (Wildman–Crippen LogP) is 4.52. The molecule has 2 unspecified atom stereocenters. The molecule has 0 radical (unpaired) electrons. The molecule has 0 bridgehead atoms. The SMILES string of the molecule is O=C(COc1ccc(Cl)cc1[C@H]1c2sc(=O)[nH]c2SC2C(=O)N(c3ccc([N+](=O)[O-])cc3)C(=O)C21)Nc1ccc(O)cc1. The number of hydrogen-bond donors (Lipinski definition) is 3. The molecule has 43 heavy (non-hydrogen) atoms. The van der Waals surface area contributed by atoms with Crippen molar-refractivity contribution < 1.29 is 29.2 Å². The van der Waals surface area contributed by atoms with Gasteiger partial charge in [-0.05, 0) is 54.6 Å². The van der Waals surface area contributed by atoms with E-state index >= 15 is 0 Å². The van der Waals surface area contributed by atoms with E-state index in [1.165, 1.54) is 48.5 Å². The number of nitro groups is 1. The van der Waals surface area contributed by atoms with Crippen molar-refractivity contribution in [1.29, 1.82) is 0 Å². The van der Waals surface area contributed by atoms with Gasteiger partial charge >= 0.3 is 4.87 Å². The Balaban J connectivity index is 1.35. The number of imide groups is 1. The first kappa shape index (κ1) is 28.5. The number of thiazole rings is 1. The Bertz CT molecular complexity index is 1840. The Kier molecular flexibility index (Phi) is 7.42. The van der Waals surface area contributed by atoms with Gasteiger partial charge in [-0.2, -0.15) is 0 Å². The number of non-ortho nitro benzene ring substituents is 1. The first-order chi connectivity index (χ1) is 20.6. The Morgan fingerprint density at radius 3 is 2.49 bits per heavy atom. The highest BCUT2D eigenvalue weighted by Crippen LogP contribution is 2.54. The molecule has 1 aromatic heterocycles. The number of nitro benzene ring substituents is 1. The van der Waals surface area contributed by atoms with Crippen LogP contribution in [0.2, 0.25) is 5.02 Å². The first-order valence-electron chi connectivity index (χ1n) is 12.6. The van der Waals surface area contributed by atoms with Crippen molar-refractivity contribution in [3.05, 3.63) is 102 Å². The number of rotatable bonds is 7. The number of aromatic hydroxyl groups is 1. The molecule has 3 N–H and O–H groups in total. The first-order valence-corrected chi connectivity index (χ1v) is 14.7. The summed E-state index contributed by atoms with van der Waals surface area (Å²) < 4.78 is 5.90. The lowest BCUT2D eigenvalue weighted by molar-refractivity contribution is -0.384. The lowest BCUT2D eigenvalue weighted by Crippen LogP contribution is -2.32. The third-order valence-electron chi connectivity index (χ3n) is 6.96. The van der Waals surface area contributed by atoms with E-state index in [0.717, 1.165) is 28.0 Å². The Hall–Kier alpha value is -4.66. The number of ether oxygens (including phenoxy) is 1. The number of fused-ring (bicyclic) bond motifs is 2. The molecule has 6 rings (SSSR count).